The van der Waals surface area contributed by atoms with Gasteiger partial charge in [-0.3, -0.25) is 4.79 Å². The summed E-state index contributed by atoms with van der Waals surface area (Å²) in [4.78, 5) is 11.8. The molecule has 2 rings (SSSR count). The molecule has 6 nitrogen and oxygen atoms in total. The Morgan fingerprint density at radius 3 is 2.86 bits per heavy atom. The Kier molecular flexibility index (Phi) is 4.98. The van der Waals surface area contributed by atoms with Gasteiger partial charge in [0.2, 0.25) is 0 Å². The SMILES string of the molecule is COc1cccc(OC(C)C(=O)N/N=C/c2ccco2)c1. The zero-order valence-electron chi connectivity index (χ0n) is 11.8. The zero-order chi connectivity index (χ0) is 15.1. The predicted molar refractivity (Wildman–Crippen MR) is 77.5 cm³/mol. The Morgan fingerprint density at radius 1 is 1.33 bits per heavy atom. The Labute approximate surface area is 122 Å². The fraction of sp³-hybridized carbons (Fsp3) is 0.200. The van der Waals surface area contributed by atoms with Gasteiger partial charge in [-0.15, -0.1) is 0 Å². The molecule has 110 valence electrons. The van der Waals surface area contributed by atoms with Crippen LogP contribution in [0.5, 0.6) is 11.5 Å². The molecule has 2 aromatic rings. The molecule has 0 aliphatic heterocycles. The Balaban J connectivity index is 1.87. The molecule has 6 heteroatoms. The lowest BCUT2D eigenvalue weighted by Crippen LogP contribution is -2.33. The number of ether oxygens (including phenoxy) is 2. The molecule has 0 bridgehead atoms. The number of hydrogen-bond donors (Lipinski definition) is 1. The molecule has 1 amide bonds. The second kappa shape index (κ2) is 7.14. The average molecular weight is 288 g/mol. The van der Waals surface area contributed by atoms with Crippen LogP contribution in [-0.2, 0) is 4.79 Å². The second-order valence-corrected chi connectivity index (χ2v) is 4.19. The third kappa shape index (κ3) is 4.38. The number of hydrogen-bond acceptors (Lipinski definition) is 5. The molecule has 21 heavy (non-hydrogen) atoms. The quantitative estimate of drug-likeness (QED) is 0.653. The molecule has 0 saturated heterocycles. The van der Waals surface area contributed by atoms with Crippen LogP contribution in [0, 0.1) is 0 Å². The minimum Gasteiger partial charge on any atom is -0.497 e. The summed E-state index contributed by atoms with van der Waals surface area (Å²) in [5, 5.41) is 3.79. The van der Waals surface area contributed by atoms with Gasteiger partial charge in [0, 0.05) is 6.07 Å². The van der Waals surface area contributed by atoms with Crippen molar-refractivity contribution in [3.8, 4) is 11.5 Å². The molecule has 0 aliphatic rings. The maximum atomic E-state index is 11.8. The van der Waals surface area contributed by atoms with Gasteiger partial charge in [0.1, 0.15) is 17.3 Å². The van der Waals surface area contributed by atoms with Crippen LogP contribution in [-0.4, -0.2) is 25.3 Å². The lowest BCUT2D eigenvalue weighted by atomic mass is 10.3. The van der Waals surface area contributed by atoms with Crippen LogP contribution < -0.4 is 14.9 Å². The van der Waals surface area contributed by atoms with E-state index in [0.717, 1.165) is 0 Å². The van der Waals surface area contributed by atoms with Gasteiger partial charge in [-0.1, -0.05) is 6.07 Å². The number of benzene rings is 1. The van der Waals surface area contributed by atoms with Crippen LogP contribution in [0.3, 0.4) is 0 Å². The normalized spacial score (nSPS) is 12.1. The summed E-state index contributed by atoms with van der Waals surface area (Å²) in [5.41, 5.74) is 2.38. The lowest BCUT2D eigenvalue weighted by molar-refractivity contribution is -0.127. The van der Waals surface area contributed by atoms with E-state index in [2.05, 4.69) is 10.5 Å². The second-order valence-electron chi connectivity index (χ2n) is 4.19. The van der Waals surface area contributed by atoms with Gasteiger partial charge < -0.3 is 13.9 Å². The van der Waals surface area contributed by atoms with Crippen molar-refractivity contribution in [1.29, 1.82) is 0 Å². The third-order valence-electron chi connectivity index (χ3n) is 2.63. The Bertz CT molecular complexity index is 608. The summed E-state index contributed by atoms with van der Waals surface area (Å²) in [5.74, 6) is 1.40. The molecule has 1 N–H and O–H groups in total. The van der Waals surface area contributed by atoms with E-state index in [4.69, 9.17) is 13.9 Å². The fourth-order valence-electron chi connectivity index (χ4n) is 1.55. The maximum Gasteiger partial charge on any atom is 0.280 e. The largest absolute Gasteiger partial charge is 0.497 e. The van der Waals surface area contributed by atoms with Crippen molar-refractivity contribution in [3.05, 3.63) is 48.4 Å². The highest BCUT2D eigenvalue weighted by Gasteiger charge is 2.14. The van der Waals surface area contributed by atoms with E-state index in [9.17, 15) is 4.79 Å². The average Bonchev–Trinajstić information content (AvgIpc) is 3.00. The number of hydrazone groups is 1. The van der Waals surface area contributed by atoms with Crippen LogP contribution in [0.1, 0.15) is 12.7 Å². The van der Waals surface area contributed by atoms with Gasteiger partial charge in [0.15, 0.2) is 6.10 Å². The molecule has 1 aromatic carbocycles. The molecule has 1 unspecified atom stereocenters. The number of carbonyl (C=O) groups excluding carboxylic acids is 1. The molecule has 0 aliphatic carbocycles. The lowest BCUT2D eigenvalue weighted by Gasteiger charge is -2.13. The third-order valence-corrected chi connectivity index (χ3v) is 2.63. The van der Waals surface area contributed by atoms with E-state index in [1.165, 1.54) is 12.5 Å². The monoisotopic (exact) mass is 288 g/mol. The van der Waals surface area contributed by atoms with E-state index in [-0.39, 0.29) is 5.91 Å². The number of rotatable bonds is 6. The van der Waals surface area contributed by atoms with Crippen LogP contribution in [0.25, 0.3) is 0 Å². The van der Waals surface area contributed by atoms with Crippen molar-refractivity contribution in [2.24, 2.45) is 5.10 Å². The smallest absolute Gasteiger partial charge is 0.280 e. The Hall–Kier alpha value is -2.76. The van der Waals surface area contributed by atoms with E-state index in [1.807, 2.05) is 0 Å². The van der Waals surface area contributed by atoms with Crippen LogP contribution >= 0.6 is 0 Å². The van der Waals surface area contributed by atoms with Gasteiger partial charge in [0.05, 0.1) is 19.6 Å². The summed E-state index contributed by atoms with van der Waals surface area (Å²) in [6.45, 7) is 1.64. The highest BCUT2D eigenvalue weighted by Crippen LogP contribution is 2.19. The Morgan fingerprint density at radius 2 is 2.14 bits per heavy atom. The van der Waals surface area contributed by atoms with Crippen molar-refractivity contribution in [2.75, 3.05) is 7.11 Å². The van der Waals surface area contributed by atoms with Gasteiger partial charge >= 0.3 is 0 Å². The summed E-state index contributed by atoms with van der Waals surface area (Å²) in [6.07, 6.45) is 2.25. The minimum absolute atomic E-state index is 0.361. The number of nitrogens with zero attached hydrogens (tertiary/aromatic N) is 1. The first-order valence-corrected chi connectivity index (χ1v) is 6.36. The van der Waals surface area contributed by atoms with E-state index < -0.39 is 6.10 Å². The number of carbonyl (C=O) groups is 1. The van der Waals surface area contributed by atoms with Crippen molar-refractivity contribution in [2.45, 2.75) is 13.0 Å². The van der Waals surface area contributed by atoms with Crippen LogP contribution in [0.15, 0.2) is 52.2 Å². The van der Waals surface area contributed by atoms with E-state index in [0.29, 0.717) is 17.3 Å². The molecule has 1 aromatic heterocycles. The summed E-state index contributed by atoms with van der Waals surface area (Å²) < 4.78 is 15.7. The highest BCUT2D eigenvalue weighted by molar-refractivity contribution is 5.83. The van der Waals surface area contributed by atoms with Gasteiger partial charge in [0.25, 0.3) is 5.91 Å². The first kappa shape index (κ1) is 14.6. The topological polar surface area (TPSA) is 73.1 Å². The van der Waals surface area contributed by atoms with Crippen LogP contribution in [0.2, 0.25) is 0 Å². The molecule has 0 saturated carbocycles. The maximum absolute atomic E-state index is 11.8. The zero-order valence-corrected chi connectivity index (χ0v) is 11.8. The molecule has 0 radical (unpaired) electrons. The van der Waals surface area contributed by atoms with Crippen molar-refractivity contribution in [3.63, 3.8) is 0 Å². The van der Waals surface area contributed by atoms with E-state index in [1.54, 1.807) is 50.4 Å². The van der Waals surface area contributed by atoms with Gasteiger partial charge in [-0.2, -0.15) is 5.10 Å². The van der Waals surface area contributed by atoms with Crippen molar-refractivity contribution < 1.29 is 18.7 Å². The number of amides is 1. The number of methoxy groups -OCH3 is 1. The fourth-order valence-corrected chi connectivity index (χ4v) is 1.55. The molecular weight excluding hydrogens is 272 g/mol. The number of nitrogens with one attached hydrogen (secondary N) is 1. The summed E-state index contributed by atoms with van der Waals surface area (Å²) >= 11 is 0. The van der Waals surface area contributed by atoms with Gasteiger partial charge in [-0.25, -0.2) is 5.43 Å². The first-order chi connectivity index (χ1) is 10.2. The number of furan rings is 1. The van der Waals surface area contributed by atoms with Crippen molar-refractivity contribution >= 4 is 12.1 Å². The van der Waals surface area contributed by atoms with E-state index >= 15 is 0 Å². The minimum atomic E-state index is -0.689. The standard InChI is InChI=1S/C15H16N2O4/c1-11(21-13-6-3-5-12(9-13)19-2)15(18)17-16-10-14-7-4-8-20-14/h3-11H,1-2H3,(H,17,18)/b16-10+. The summed E-state index contributed by atoms with van der Waals surface area (Å²) in [6, 6.07) is 10.5. The molecule has 0 fully saturated rings. The van der Waals surface area contributed by atoms with Gasteiger partial charge in [-0.05, 0) is 31.2 Å². The first-order valence-electron chi connectivity index (χ1n) is 6.36. The molecule has 1 heterocycles. The predicted octanol–water partition coefficient (Wildman–Crippen LogP) is 2.21. The molecular formula is C15H16N2O4. The van der Waals surface area contributed by atoms with Crippen LogP contribution in [0.4, 0.5) is 0 Å². The summed E-state index contributed by atoms with van der Waals surface area (Å²) in [7, 11) is 1.57. The highest BCUT2D eigenvalue weighted by atomic mass is 16.5. The molecule has 0 spiro atoms. The van der Waals surface area contributed by atoms with Crippen molar-refractivity contribution in [1.82, 2.24) is 5.43 Å². The molecule has 1 atom stereocenters.